The van der Waals surface area contributed by atoms with Crippen LogP contribution in [0.2, 0.25) is 0 Å². The molecule has 1 aliphatic carbocycles. The first kappa shape index (κ1) is 22.4. The number of rotatable bonds is 7. The molecule has 3 aromatic carbocycles. The number of benzene rings is 3. The van der Waals surface area contributed by atoms with Crippen molar-refractivity contribution in [3.05, 3.63) is 82.9 Å². The standard InChI is InChI=1S/C32H36/c1-3-5-7-14-22-28-27(21-6-4-2)31(25-17-10-8-11-18-25)29-23-15-16-24-30(29)32(28)26-19-12-9-13-20-26/h8-13,17-20H,3-7,15-16,21,23-24H2,1-2H3. The summed E-state index contributed by atoms with van der Waals surface area (Å²) in [5, 5.41) is 0. The van der Waals surface area contributed by atoms with E-state index in [9.17, 15) is 0 Å². The lowest BCUT2D eigenvalue weighted by molar-refractivity contribution is 0.685. The fourth-order valence-corrected chi connectivity index (χ4v) is 5.10. The molecule has 0 nitrogen and oxygen atoms in total. The van der Waals surface area contributed by atoms with Gasteiger partial charge in [0.2, 0.25) is 0 Å². The van der Waals surface area contributed by atoms with Crippen molar-refractivity contribution < 1.29 is 0 Å². The molecule has 0 saturated carbocycles. The Kier molecular flexibility index (Phi) is 7.84. The molecular formula is C32H36. The second kappa shape index (κ2) is 11.2. The predicted molar refractivity (Wildman–Crippen MR) is 139 cm³/mol. The fraction of sp³-hybridized carbons (Fsp3) is 0.375. The van der Waals surface area contributed by atoms with Gasteiger partial charge in [-0.15, -0.1) is 0 Å². The Morgan fingerprint density at radius 1 is 0.688 bits per heavy atom. The zero-order chi connectivity index (χ0) is 22.2. The number of unbranched alkanes of at least 4 members (excludes halogenated alkanes) is 3. The van der Waals surface area contributed by atoms with Crippen molar-refractivity contribution in [3.63, 3.8) is 0 Å². The molecule has 1 aliphatic rings. The van der Waals surface area contributed by atoms with Crippen molar-refractivity contribution >= 4 is 0 Å². The Morgan fingerprint density at radius 2 is 1.25 bits per heavy atom. The summed E-state index contributed by atoms with van der Waals surface area (Å²) in [6, 6.07) is 22.2. The van der Waals surface area contributed by atoms with Gasteiger partial charge in [0, 0.05) is 17.5 Å². The minimum absolute atomic E-state index is 0.982. The van der Waals surface area contributed by atoms with E-state index in [2.05, 4.69) is 86.4 Å². The first-order valence-electron chi connectivity index (χ1n) is 12.6. The minimum atomic E-state index is 0.982. The van der Waals surface area contributed by atoms with Crippen LogP contribution in [0.15, 0.2) is 60.7 Å². The van der Waals surface area contributed by atoms with Gasteiger partial charge in [-0.1, -0.05) is 99.2 Å². The van der Waals surface area contributed by atoms with Gasteiger partial charge in [-0.3, -0.25) is 0 Å². The first-order valence-corrected chi connectivity index (χ1v) is 12.6. The third kappa shape index (κ3) is 4.83. The summed E-state index contributed by atoms with van der Waals surface area (Å²) < 4.78 is 0. The van der Waals surface area contributed by atoms with Gasteiger partial charge in [0.15, 0.2) is 0 Å². The summed E-state index contributed by atoms with van der Waals surface area (Å²) in [5.41, 5.74) is 11.6. The lowest BCUT2D eigenvalue weighted by Gasteiger charge is -2.28. The molecule has 0 unspecified atom stereocenters. The highest BCUT2D eigenvalue weighted by Crippen LogP contribution is 2.43. The van der Waals surface area contributed by atoms with Crippen molar-refractivity contribution in [2.75, 3.05) is 0 Å². The molecule has 0 N–H and O–H groups in total. The molecule has 0 atom stereocenters. The van der Waals surface area contributed by atoms with E-state index >= 15 is 0 Å². The maximum Gasteiger partial charge on any atom is 0.0364 e. The molecule has 0 aromatic heterocycles. The average Bonchev–Trinajstić information content (AvgIpc) is 2.85. The second-order valence-corrected chi connectivity index (χ2v) is 9.01. The summed E-state index contributed by atoms with van der Waals surface area (Å²) in [6.07, 6.45) is 11.8. The molecule has 0 saturated heterocycles. The summed E-state index contributed by atoms with van der Waals surface area (Å²) in [5.74, 6) is 7.30. The highest BCUT2D eigenvalue weighted by molar-refractivity contribution is 5.86. The van der Waals surface area contributed by atoms with Gasteiger partial charge in [0.05, 0.1) is 0 Å². The van der Waals surface area contributed by atoms with E-state index < -0.39 is 0 Å². The van der Waals surface area contributed by atoms with Crippen LogP contribution in [0.25, 0.3) is 22.3 Å². The zero-order valence-corrected chi connectivity index (χ0v) is 19.8. The third-order valence-electron chi connectivity index (χ3n) is 6.70. The molecule has 3 aromatic rings. The van der Waals surface area contributed by atoms with Crippen LogP contribution in [0.4, 0.5) is 0 Å². The SMILES string of the molecule is CCCCC#Cc1c(CCCC)c(-c2ccccc2)c2c(c1-c1ccccc1)CCCC2. The molecule has 32 heavy (non-hydrogen) atoms. The van der Waals surface area contributed by atoms with Gasteiger partial charge < -0.3 is 0 Å². The summed E-state index contributed by atoms with van der Waals surface area (Å²) in [6.45, 7) is 4.54. The molecule has 4 rings (SSSR count). The number of hydrogen-bond donors (Lipinski definition) is 0. The molecule has 0 radical (unpaired) electrons. The van der Waals surface area contributed by atoms with Crippen molar-refractivity contribution in [1.29, 1.82) is 0 Å². The lowest BCUT2D eigenvalue weighted by atomic mass is 9.75. The first-order chi connectivity index (χ1) is 15.8. The Hall–Kier alpha value is -2.78. The molecule has 0 fully saturated rings. The fourth-order valence-electron chi connectivity index (χ4n) is 5.10. The van der Waals surface area contributed by atoms with Gasteiger partial charge >= 0.3 is 0 Å². The van der Waals surface area contributed by atoms with E-state index in [1.807, 2.05) is 0 Å². The highest BCUT2D eigenvalue weighted by atomic mass is 14.3. The van der Waals surface area contributed by atoms with Crippen LogP contribution in [0.3, 0.4) is 0 Å². The second-order valence-electron chi connectivity index (χ2n) is 9.01. The zero-order valence-electron chi connectivity index (χ0n) is 19.8. The number of fused-ring (bicyclic) bond motifs is 1. The molecule has 0 bridgehead atoms. The highest BCUT2D eigenvalue weighted by Gasteiger charge is 2.26. The largest absolute Gasteiger partial charge is 0.0979 e. The van der Waals surface area contributed by atoms with Crippen molar-refractivity contribution in [3.8, 4) is 34.1 Å². The van der Waals surface area contributed by atoms with Crippen LogP contribution >= 0.6 is 0 Å². The summed E-state index contributed by atoms with van der Waals surface area (Å²) >= 11 is 0. The normalized spacial score (nSPS) is 12.7. The molecule has 0 amide bonds. The van der Waals surface area contributed by atoms with E-state index in [1.165, 1.54) is 78.3 Å². The topological polar surface area (TPSA) is 0 Å². The van der Waals surface area contributed by atoms with Crippen LogP contribution in [0.5, 0.6) is 0 Å². The maximum atomic E-state index is 3.73. The predicted octanol–water partition coefficient (Wildman–Crippen LogP) is 8.78. The molecule has 0 aliphatic heterocycles. The average molecular weight is 421 g/mol. The van der Waals surface area contributed by atoms with E-state index in [0.29, 0.717) is 0 Å². The van der Waals surface area contributed by atoms with Gasteiger partial charge in [0.25, 0.3) is 0 Å². The van der Waals surface area contributed by atoms with Crippen LogP contribution in [-0.2, 0) is 19.3 Å². The smallest absolute Gasteiger partial charge is 0.0364 e. The Morgan fingerprint density at radius 3 is 1.84 bits per heavy atom. The van der Waals surface area contributed by atoms with Gasteiger partial charge in [-0.2, -0.15) is 0 Å². The van der Waals surface area contributed by atoms with E-state index in [0.717, 1.165) is 19.3 Å². The van der Waals surface area contributed by atoms with Crippen molar-refractivity contribution in [1.82, 2.24) is 0 Å². The molecule has 164 valence electrons. The Bertz CT molecular complexity index is 1080. The molecular weight excluding hydrogens is 384 g/mol. The maximum absolute atomic E-state index is 3.73. The lowest BCUT2D eigenvalue weighted by Crippen LogP contribution is -2.12. The van der Waals surface area contributed by atoms with Gasteiger partial charge in [0.1, 0.15) is 0 Å². The van der Waals surface area contributed by atoms with Crippen molar-refractivity contribution in [2.24, 2.45) is 0 Å². The van der Waals surface area contributed by atoms with E-state index in [1.54, 1.807) is 11.1 Å². The Balaban J connectivity index is 2.05. The monoisotopic (exact) mass is 420 g/mol. The van der Waals surface area contributed by atoms with E-state index in [4.69, 9.17) is 0 Å². The third-order valence-corrected chi connectivity index (χ3v) is 6.70. The number of hydrogen-bond acceptors (Lipinski definition) is 0. The van der Waals surface area contributed by atoms with Gasteiger partial charge in [-0.25, -0.2) is 0 Å². The molecule has 0 heteroatoms. The van der Waals surface area contributed by atoms with Gasteiger partial charge in [-0.05, 0) is 78.3 Å². The summed E-state index contributed by atoms with van der Waals surface area (Å²) in [4.78, 5) is 0. The van der Waals surface area contributed by atoms with Crippen LogP contribution in [0.1, 0.15) is 81.0 Å². The van der Waals surface area contributed by atoms with Crippen LogP contribution < -0.4 is 0 Å². The quantitative estimate of drug-likeness (QED) is 0.265. The van der Waals surface area contributed by atoms with E-state index in [-0.39, 0.29) is 0 Å². The molecule has 0 heterocycles. The molecule has 0 spiro atoms. The Labute approximate surface area is 195 Å². The van der Waals surface area contributed by atoms with Crippen LogP contribution in [-0.4, -0.2) is 0 Å². The minimum Gasteiger partial charge on any atom is -0.0979 e. The summed E-state index contributed by atoms with van der Waals surface area (Å²) in [7, 11) is 0. The van der Waals surface area contributed by atoms with Crippen LogP contribution in [0, 0.1) is 11.8 Å². The van der Waals surface area contributed by atoms with Crippen molar-refractivity contribution in [2.45, 2.75) is 78.1 Å².